The largest absolute Gasteiger partial charge is 0.319 e. The van der Waals surface area contributed by atoms with Gasteiger partial charge in [0.2, 0.25) is 0 Å². The molecule has 0 radical (unpaired) electrons. The minimum atomic E-state index is 0.398. The molecule has 1 aliphatic rings. The zero-order valence-corrected chi connectivity index (χ0v) is 11.1. The highest BCUT2D eigenvalue weighted by molar-refractivity contribution is 4.81. The average molecular weight is 212 g/mol. The summed E-state index contributed by atoms with van der Waals surface area (Å²) in [6, 6.07) is 0. The molecule has 2 unspecified atom stereocenters. The second-order valence-corrected chi connectivity index (χ2v) is 6.17. The van der Waals surface area contributed by atoms with E-state index in [1.807, 2.05) is 7.05 Å². The van der Waals surface area contributed by atoms with Gasteiger partial charge in [0, 0.05) is 19.6 Å². The fraction of sp³-hybridized carbons (Fsp3) is 1.00. The Morgan fingerprint density at radius 3 is 2.47 bits per heavy atom. The Kier molecular flexibility index (Phi) is 4.60. The molecule has 90 valence electrons. The van der Waals surface area contributed by atoms with Crippen molar-refractivity contribution in [3.8, 4) is 0 Å². The van der Waals surface area contributed by atoms with Gasteiger partial charge in [-0.2, -0.15) is 0 Å². The van der Waals surface area contributed by atoms with Crippen LogP contribution < -0.4 is 5.32 Å². The van der Waals surface area contributed by atoms with Gasteiger partial charge >= 0.3 is 0 Å². The Morgan fingerprint density at radius 1 is 1.27 bits per heavy atom. The lowest BCUT2D eigenvalue weighted by Crippen LogP contribution is -2.45. The van der Waals surface area contributed by atoms with Gasteiger partial charge in [-0.25, -0.2) is 0 Å². The number of hydrogen-bond acceptors (Lipinski definition) is 2. The van der Waals surface area contributed by atoms with Crippen molar-refractivity contribution < 1.29 is 0 Å². The van der Waals surface area contributed by atoms with Crippen LogP contribution in [0.5, 0.6) is 0 Å². The summed E-state index contributed by atoms with van der Waals surface area (Å²) < 4.78 is 0. The first-order valence-corrected chi connectivity index (χ1v) is 6.31. The third kappa shape index (κ3) is 4.12. The SMILES string of the molecule is CNCC(C)(C)CN1CCC(C)C(C)C1. The van der Waals surface area contributed by atoms with Crippen molar-refractivity contribution in [3.63, 3.8) is 0 Å². The van der Waals surface area contributed by atoms with Crippen LogP contribution >= 0.6 is 0 Å². The summed E-state index contributed by atoms with van der Waals surface area (Å²) in [7, 11) is 2.04. The summed E-state index contributed by atoms with van der Waals surface area (Å²) in [5.41, 5.74) is 0.398. The zero-order chi connectivity index (χ0) is 11.5. The lowest BCUT2D eigenvalue weighted by atomic mass is 9.86. The molecule has 0 aromatic rings. The molecule has 2 heteroatoms. The van der Waals surface area contributed by atoms with E-state index >= 15 is 0 Å². The van der Waals surface area contributed by atoms with E-state index in [0.717, 1.165) is 18.4 Å². The number of nitrogens with zero attached hydrogens (tertiary/aromatic N) is 1. The minimum Gasteiger partial charge on any atom is -0.319 e. The highest BCUT2D eigenvalue weighted by atomic mass is 15.1. The van der Waals surface area contributed by atoms with Gasteiger partial charge in [0.05, 0.1) is 0 Å². The first kappa shape index (κ1) is 13.0. The van der Waals surface area contributed by atoms with Crippen LogP contribution in [0.2, 0.25) is 0 Å². The predicted molar refractivity (Wildman–Crippen MR) is 67.1 cm³/mol. The lowest BCUT2D eigenvalue weighted by molar-refractivity contribution is 0.0968. The fourth-order valence-electron chi connectivity index (χ4n) is 2.63. The van der Waals surface area contributed by atoms with Crippen LogP contribution in [-0.4, -0.2) is 38.1 Å². The van der Waals surface area contributed by atoms with Gasteiger partial charge in [0.25, 0.3) is 0 Å². The van der Waals surface area contributed by atoms with Crippen molar-refractivity contribution in [1.29, 1.82) is 0 Å². The molecule has 2 atom stereocenters. The van der Waals surface area contributed by atoms with E-state index < -0.39 is 0 Å². The molecule has 0 saturated carbocycles. The summed E-state index contributed by atoms with van der Waals surface area (Å²) in [4.78, 5) is 2.64. The molecule has 0 aromatic carbocycles. The van der Waals surface area contributed by atoms with Crippen molar-refractivity contribution in [3.05, 3.63) is 0 Å². The van der Waals surface area contributed by atoms with Crippen LogP contribution in [0, 0.1) is 17.3 Å². The van der Waals surface area contributed by atoms with Crippen LogP contribution in [0.15, 0.2) is 0 Å². The quantitative estimate of drug-likeness (QED) is 0.768. The third-order valence-corrected chi connectivity index (χ3v) is 3.73. The Balaban J connectivity index is 2.39. The van der Waals surface area contributed by atoms with E-state index in [2.05, 4.69) is 37.9 Å². The second-order valence-electron chi connectivity index (χ2n) is 6.17. The number of likely N-dealkylation sites (tertiary alicyclic amines) is 1. The normalized spacial score (nSPS) is 29.4. The van der Waals surface area contributed by atoms with Crippen molar-refractivity contribution in [2.24, 2.45) is 17.3 Å². The third-order valence-electron chi connectivity index (χ3n) is 3.73. The molecule has 1 heterocycles. The van der Waals surface area contributed by atoms with E-state index in [-0.39, 0.29) is 0 Å². The van der Waals surface area contributed by atoms with Crippen molar-refractivity contribution in [2.75, 3.05) is 33.2 Å². The molecule has 1 saturated heterocycles. The number of piperidine rings is 1. The molecule has 0 spiro atoms. The molecule has 15 heavy (non-hydrogen) atoms. The van der Waals surface area contributed by atoms with Gasteiger partial charge in [0.15, 0.2) is 0 Å². The Labute approximate surface area is 95.4 Å². The molecule has 0 aromatic heterocycles. The average Bonchev–Trinajstić information content (AvgIpc) is 2.10. The maximum atomic E-state index is 3.29. The van der Waals surface area contributed by atoms with Crippen molar-refractivity contribution in [2.45, 2.75) is 34.1 Å². The van der Waals surface area contributed by atoms with Gasteiger partial charge in [-0.1, -0.05) is 27.7 Å². The lowest BCUT2D eigenvalue weighted by Gasteiger charge is -2.39. The van der Waals surface area contributed by atoms with E-state index in [1.165, 1.54) is 26.1 Å². The number of nitrogens with one attached hydrogen (secondary N) is 1. The molecule has 2 nitrogen and oxygen atoms in total. The van der Waals surface area contributed by atoms with Gasteiger partial charge < -0.3 is 10.2 Å². The molecule has 1 rings (SSSR count). The summed E-state index contributed by atoms with van der Waals surface area (Å²) in [5, 5.41) is 3.29. The molecule has 1 aliphatic heterocycles. The zero-order valence-electron chi connectivity index (χ0n) is 11.1. The smallest absolute Gasteiger partial charge is 0.00449 e. The summed E-state index contributed by atoms with van der Waals surface area (Å²) >= 11 is 0. The van der Waals surface area contributed by atoms with Crippen molar-refractivity contribution >= 4 is 0 Å². The summed E-state index contributed by atoms with van der Waals surface area (Å²) in [5.74, 6) is 1.78. The van der Waals surface area contributed by atoms with Gasteiger partial charge in [-0.05, 0) is 37.3 Å². The fourth-order valence-corrected chi connectivity index (χ4v) is 2.63. The van der Waals surface area contributed by atoms with E-state index in [0.29, 0.717) is 5.41 Å². The topological polar surface area (TPSA) is 15.3 Å². The van der Waals surface area contributed by atoms with E-state index in [9.17, 15) is 0 Å². The second kappa shape index (κ2) is 5.31. The Hall–Kier alpha value is -0.0800. The Bertz CT molecular complexity index is 189. The molecular formula is C13H28N2. The molecule has 0 bridgehead atoms. The van der Waals surface area contributed by atoms with Crippen LogP contribution in [0.4, 0.5) is 0 Å². The van der Waals surface area contributed by atoms with Crippen LogP contribution in [-0.2, 0) is 0 Å². The highest BCUT2D eigenvalue weighted by Crippen LogP contribution is 2.25. The number of rotatable bonds is 4. The molecule has 0 amide bonds. The summed E-state index contributed by atoms with van der Waals surface area (Å²) in [6.45, 7) is 14.4. The van der Waals surface area contributed by atoms with Crippen LogP contribution in [0.25, 0.3) is 0 Å². The molecule has 0 aliphatic carbocycles. The summed E-state index contributed by atoms with van der Waals surface area (Å²) in [6.07, 6.45) is 1.37. The van der Waals surface area contributed by atoms with Gasteiger partial charge in [-0.15, -0.1) is 0 Å². The standard InChI is InChI=1S/C13H28N2/c1-11-6-7-15(8-12(11)2)10-13(3,4)9-14-5/h11-12,14H,6-10H2,1-5H3. The molecule has 1 fully saturated rings. The monoisotopic (exact) mass is 212 g/mol. The van der Waals surface area contributed by atoms with Crippen LogP contribution in [0.3, 0.4) is 0 Å². The highest BCUT2D eigenvalue weighted by Gasteiger charge is 2.27. The maximum Gasteiger partial charge on any atom is 0.00449 e. The first-order valence-electron chi connectivity index (χ1n) is 6.31. The first-order chi connectivity index (χ1) is 6.94. The molecule has 1 N–H and O–H groups in total. The minimum absolute atomic E-state index is 0.398. The number of hydrogen-bond donors (Lipinski definition) is 1. The molecular weight excluding hydrogens is 184 g/mol. The predicted octanol–water partition coefficient (Wildman–Crippen LogP) is 2.21. The van der Waals surface area contributed by atoms with Crippen LogP contribution in [0.1, 0.15) is 34.1 Å². The van der Waals surface area contributed by atoms with E-state index in [1.54, 1.807) is 0 Å². The Morgan fingerprint density at radius 2 is 1.93 bits per heavy atom. The maximum absolute atomic E-state index is 3.29. The van der Waals surface area contributed by atoms with Gasteiger partial charge in [0.1, 0.15) is 0 Å². The van der Waals surface area contributed by atoms with E-state index in [4.69, 9.17) is 0 Å². The van der Waals surface area contributed by atoms with Gasteiger partial charge in [-0.3, -0.25) is 0 Å². The van der Waals surface area contributed by atoms with Crippen molar-refractivity contribution in [1.82, 2.24) is 10.2 Å².